The van der Waals surface area contributed by atoms with Crippen molar-refractivity contribution >= 4 is 5.78 Å². The van der Waals surface area contributed by atoms with Crippen molar-refractivity contribution in [2.75, 3.05) is 7.11 Å². The van der Waals surface area contributed by atoms with Gasteiger partial charge in [0.1, 0.15) is 0 Å². The van der Waals surface area contributed by atoms with Crippen LogP contribution in [0.1, 0.15) is 23.7 Å². The lowest BCUT2D eigenvalue weighted by molar-refractivity contribution is 0.0952. The van der Waals surface area contributed by atoms with E-state index in [9.17, 15) is 4.79 Å². The van der Waals surface area contributed by atoms with Crippen LogP contribution in [0.3, 0.4) is 0 Å². The number of benzene rings is 1. The molecule has 1 aromatic carbocycles. The van der Waals surface area contributed by atoms with Crippen LogP contribution in [-0.4, -0.2) is 12.9 Å². The number of ketones is 1. The molecule has 74 valence electrons. The molecule has 0 aliphatic heterocycles. The van der Waals surface area contributed by atoms with Crippen molar-refractivity contribution in [1.82, 2.24) is 0 Å². The number of Topliss-reactive ketones (excluding diaryl/α,β-unsaturated/α-hetero) is 1. The molecule has 1 rings (SSSR count). The second-order valence-electron chi connectivity index (χ2n) is 2.88. The summed E-state index contributed by atoms with van der Waals surface area (Å²) in [5, 5.41) is 0. The standard InChI is InChI=1S/C12H14O2/c1-3-7-11(14-2)12(13)10-8-5-4-6-9-10/h4-9H,3H2,1-2H3. The van der Waals surface area contributed by atoms with Gasteiger partial charge in [0.05, 0.1) is 7.11 Å². The van der Waals surface area contributed by atoms with Crippen molar-refractivity contribution in [3.8, 4) is 0 Å². The molecule has 0 aliphatic carbocycles. The summed E-state index contributed by atoms with van der Waals surface area (Å²) in [5.41, 5.74) is 0.661. The smallest absolute Gasteiger partial charge is 0.227 e. The van der Waals surface area contributed by atoms with Crippen LogP contribution >= 0.6 is 0 Å². The molecule has 0 aromatic heterocycles. The summed E-state index contributed by atoms with van der Waals surface area (Å²) in [6.07, 6.45) is 2.58. The van der Waals surface area contributed by atoms with Gasteiger partial charge in [-0.2, -0.15) is 0 Å². The number of rotatable bonds is 4. The maximum atomic E-state index is 11.8. The van der Waals surface area contributed by atoms with E-state index in [1.54, 1.807) is 18.2 Å². The van der Waals surface area contributed by atoms with Gasteiger partial charge in [0, 0.05) is 5.56 Å². The second kappa shape index (κ2) is 5.22. The molecule has 14 heavy (non-hydrogen) atoms. The molecule has 0 amide bonds. The third-order valence-electron chi connectivity index (χ3n) is 1.87. The molecule has 0 heterocycles. The summed E-state index contributed by atoms with van der Waals surface area (Å²) in [6, 6.07) is 9.13. The first-order chi connectivity index (χ1) is 6.79. The van der Waals surface area contributed by atoms with Crippen LogP contribution < -0.4 is 0 Å². The van der Waals surface area contributed by atoms with Crippen LogP contribution in [0, 0.1) is 0 Å². The normalized spacial score (nSPS) is 11.1. The SMILES string of the molecule is CCC=C(OC)C(=O)c1ccccc1. The molecule has 0 atom stereocenters. The molecule has 1 aromatic rings. The molecule has 0 fully saturated rings. The Labute approximate surface area is 84.2 Å². The first-order valence-corrected chi connectivity index (χ1v) is 4.63. The van der Waals surface area contributed by atoms with Crippen LogP contribution in [0.25, 0.3) is 0 Å². The van der Waals surface area contributed by atoms with E-state index in [0.717, 1.165) is 6.42 Å². The van der Waals surface area contributed by atoms with Crippen LogP contribution in [0.2, 0.25) is 0 Å². The lowest BCUT2D eigenvalue weighted by Gasteiger charge is -2.04. The first-order valence-electron chi connectivity index (χ1n) is 4.63. The zero-order valence-electron chi connectivity index (χ0n) is 8.49. The highest BCUT2D eigenvalue weighted by molar-refractivity contribution is 6.07. The number of carbonyl (C=O) groups excluding carboxylic acids is 1. The molecular weight excluding hydrogens is 176 g/mol. The average Bonchev–Trinajstić information content (AvgIpc) is 2.26. The molecule has 2 heteroatoms. The summed E-state index contributed by atoms with van der Waals surface area (Å²) in [4.78, 5) is 11.8. The Morgan fingerprint density at radius 3 is 2.50 bits per heavy atom. The fourth-order valence-corrected chi connectivity index (χ4v) is 1.19. The van der Waals surface area contributed by atoms with Gasteiger partial charge in [-0.15, -0.1) is 0 Å². The van der Waals surface area contributed by atoms with Crippen molar-refractivity contribution in [3.05, 3.63) is 47.7 Å². The topological polar surface area (TPSA) is 26.3 Å². The van der Waals surface area contributed by atoms with E-state index in [1.165, 1.54) is 7.11 Å². The van der Waals surface area contributed by atoms with Gasteiger partial charge in [-0.25, -0.2) is 0 Å². The Hall–Kier alpha value is -1.57. The lowest BCUT2D eigenvalue weighted by Crippen LogP contribution is -2.04. The zero-order chi connectivity index (χ0) is 10.4. The first kappa shape index (κ1) is 10.5. The summed E-state index contributed by atoms with van der Waals surface area (Å²) in [5.74, 6) is 0.355. The van der Waals surface area contributed by atoms with E-state index < -0.39 is 0 Å². The van der Waals surface area contributed by atoms with Crippen LogP contribution in [-0.2, 0) is 4.74 Å². The summed E-state index contributed by atoms with van der Waals surface area (Å²) < 4.78 is 5.02. The van der Waals surface area contributed by atoms with Gasteiger partial charge in [-0.3, -0.25) is 4.79 Å². The van der Waals surface area contributed by atoms with Crippen molar-refractivity contribution in [1.29, 1.82) is 0 Å². The van der Waals surface area contributed by atoms with E-state index in [1.807, 2.05) is 25.1 Å². The fraction of sp³-hybridized carbons (Fsp3) is 0.250. The highest BCUT2D eigenvalue weighted by Gasteiger charge is 2.10. The van der Waals surface area contributed by atoms with Crippen molar-refractivity contribution < 1.29 is 9.53 Å². The van der Waals surface area contributed by atoms with Gasteiger partial charge in [-0.1, -0.05) is 37.3 Å². The minimum absolute atomic E-state index is 0.0602. The summed E-state index contributed by atoms with van der Waals surface area (Å²) in [7, 11) is 1.52. The zero-order valence-corrected chi connectivity index (χ0v) is 8.49. The molecule has 0 bridgehead atoms. The number of hydrogen-bond acceptors (Lipinski definition) is 2. The van der Waals surface area contributed by atoms with Crippen LogP contribution in [0.5, 0.6) is 0 Å². The monoisotopic (exact) mass is 190 g/mol. The Balaban J connectivity index is 2.90. The van der Waals surface area contributed by atoms with E-state index in [0.29, 0.717) is 11.3 Å². The van der Waals surface area contributed by atoms with Gasteiger partial charge in [0.15, 0.2) is 5.76 Å². The average molecular weight is 190 g/mol. The number of hydrogen-bond donors (Lipinski definition) is 0. The van der Waals surface area contributed by atoms with Gasteiger partial charge in [0.2, 0.25) is 5.78 Å². The van der Waals surface area contributed by atoms with Gasteiger partial charge < -0.3 is 4.74 Å². The summed E-state index contributed by atoms with van der Waals surface area (Å²) in [6.45, 7) is 1.97. The summed E-state index contributed by atoms with van der Waals surface area (Å²) >= 11 is 0. The molecule has 0 saturated carbocycles. The largest absolute Gasteiger partial charge is 0.493 e. The van der Waals surface area contributed by atoms with E-state index in [2.05, 4.69) is 0 Å². The van der Waals surface area contributed by atoms with Gasteiger partial charge >= 0.3 is 0 Å². The van der Waals surface area contributed by atoms with E-state index in [-0.39, 0.29) is 5.78 Å². The number of methoxy groups -OCH3 is 1. The van der Waals surface area contributed by atoms with Crippen molar-refractivity contribution in [3.63, 3.8) is 0 Å². The van der Waals surface area contributed by atoms with Crippen molar-refractivity contribution in [2.24, 2.45) is 0 Å². The number of allylic oxidation sites excluding steroid dienone is 2. The fourth-order valence-electron chi connectivity index (χ4n) is 1.19. The Morgan fingerprint density at radius 2 is 2.00 bits per heavy atom. The molecule has 0 unspecified atom stereocenters. The van der Waals surface area contributed by atoms with Crippen LogP contribution in [0.4, 0.5) is 0 Å². The maximum Gasteiger partial charge on any atom is 0.227 e. The quantitative estimate of drug-likeness (QED) is 0.414. The van der Waals surface area contributed by atoms with Crippen LogP contribution in [0.15, 0.2) is 42.2 Å². The molecule has 0 aliphatic rings. The molecule has 0 N–H and O–H groups in total. The third-order valence-corrected chi connectivity index (χ3v) is 1.87. The molecule has 0 saturated heterocycles. The minimum Gasteiger partial charge on any atom is -0.493 e. The predicted molar refractivity (Wildman–Crippen MR) is 56.2 cm³/mol. The van der Waals surface area contributed by atoms with E-state index in [4.69, 9.17) is 4.74 Å². The second-order valence-corrected chi connectivity index (χ2v) is 2.88. The molecule has 0 spiro atoms. The molecule has 2 nitrogen and oxygen atoms in total. The minimum atomic E-state index is -0.0602. The Morgan fingerprint density at radius 1 is 1.36 bits per heavy atom. The third kappa shape index (κ3) is 2.46. The number of carbonyl (C=O) groups is 1. The maximum absolute atomic E-state index is 11.8. The lowest BCUT2D eigenvalue weighted by atomic mass is 10.1. The highest BCUT2D eigenvalue weighted by atomic mass is 16.5. The molecular formula is C12H14O2. The Bertz CT molecular complexity index is 325. The van der Waals surface area contributed by atoms with Crippen molar-refractivity contribution in [2.45, 2.75) is 13.3 Å². The highest BCUT2D eigenvalue weighted by Crippen LogP contribution is 2.09. The number of ether oxygens (including phenoxy) is 1. The molecule has 0 radical (unpaired) electrons. The van der Waals surface area contributed by atoms with Gasteiger partial charge in [0.25, 0.3) is 0 Å². The Kier molecular flexibility index (Phi) is 3.92. The predicted octanol–water partition coefficient (Wildman–Crippen LogP) is 2.81. The van der Waals surface area contributed by atoms with Gasteiger partial charge in [-0.05, 0) is 12.5 Å². The van der Waals surface area contributed by atoms with E-state index >= 15 is 0 Å².